The van der Waals surface area contributed by atoms with Gasteiger partial charge >= 0.3 is 0 Å². The lowest BCUT2D eigenvalue weighted by Gasteiger charge is -2.24. The Morgan fingerprint density at radius 1 is 1.46 bits per heavy atom. The van der Waals surface area contributed by atoms with E-state index in [0.717, 1.165) is 37.3 Å². The smallest absolute Gasteiger partial charge is 0.276 e. The Kier molecular flexibility index (Phi) is 4.77. The average molecular weight is 368 g/mol. The molecule has 4 heterocycles. The number of likely N-dealkylation sites (tertiary alicyclic amines) is 1. The van der Waals surface area contributed by atoms with Crippen molar-refractivity contribution in [2.24, 2.45) is 0 Å². The molecule has 1 fully saturated rings. The van der Waals surface area contributed by atoms with Crippen molar-refractivity contribution < 1.29 is 4.79 Å². The maximum absolute atomic E-state index is 12.4. The van der Waals surface area contributed by atoms with Gasteiger partial charge in [-0.2, -0.15) is 5.10 Å². The lowest BCUT2D eigenvalue weighted by molar-refractivity contribution is 0.102. The standard InChI is InChI=1S/C18H20N6OS/c1-12-13(10-20-23-12)11-24-8-3-6-16(24)14-4-2-5-15(21-14)17(25)22-18-19-7-9-26-18/h2,4-5,7,9-10,16H,3,6,8,11H2,1H3,(H,20,23)(H,19,22,25). The van der Waals surface area contributed by atoms with Crippen LogP contribution in [0, 0.1) is 6.92 Å². The van der Waals surface area contributed by atoms with Gasteiger partial charge in [0.1, 0.15) is 5.69 Å². The van der Waals surface area contributed by atoms with Gasteiger partial charge in [-0.1, -0.05) is 6.07 Å². The molecule has 1 aliphatic rings. The van der Waals surface area contributed by atoms with Crippen LogP contribution in [0.15, 0.2) is 36.0 Å². The number of aromatic nitrogens is 4. The van der Waals surface area contributed by atoms with Gasteiger partial charge in [0.25, 0.3) is 5.91 Å². The normalized spacial score (nSPS) is 17.5. The number of aromatic amines is 1. The number of nitrogens with one attached hydrogen (secondary N) is 2. The molecule has 26 heavy (non-hydrogen) atoms. The molecule has 0 aromatic carbocycles. The fourth-order valence-corrected chi connectivity index (χ4v) is 3.84. The molecule has 3 aromatic rings. The first-order valence-corrected chi connectivity index (χ1v) is 9.49. The number of anilines is 1. The van der Waals surface area contributed by atoms with E-state index in [9.17, 15) is 4.79 Å². The minimum absolute atomic E-state index is 0.219. The third kappa shape index (κ3) is 3.51. The monoisotopic (exact) mass is 368 g/mol. The zero-order valence-electron chi connectivity index (χ0n) is 14.5. The SMILES string of the molecule is Cc1[nH]ncc1CN1CCCC1c1cccc(C(=O)Nc2nccs2)n1. The number of pyridine rings is 1. The summed E-state index contributed by atoms with van der Waals surface area (Å²) in [4.78, 5) is 23.6. The molecule has 1 amide bonds. The van der Waals surface area contributed by atoms with Crippen LogP contribution in [-0.4, -0.2) is 37.5 Å². The highest BCUT2D eigenvalue weighted by Gasteiger charge is 2.28. The lowest BCUT2D eigenvalue weighted by Crippen LogP contribution is -2.24. The third-order valence-electron chi connectivity index (χ3n) is 4.67. The number of hydrogen-bond donors (Lipinski definition) is 2. The fourth-order valence-electron chi connectivity index (χ4n) is 3.31. The average Bonchev–Trinajstić information content (AvgIpc) is 3.39. The molecule has 0 aliphatic carbocycles. The Morgan fingerprint density at radius 3 is 3.15 bits per heavy atom. The zero-order chi connectivity index (χ0) is 17.9. The summed E-state index contributed by atoms with van der Waals surface area (Å²) in [5.41, 5.74) is 3.66. The Balaban J connectivity index is 1.51. The van der Waals surface area contributed by atoms with E-state index in [1.165, 1.54) is 16.9 Å². The van der Waals surface area contributed by atoms with Gasteiger partial charge in [-0.25, -0.2) is 9.97 Å². The van der Waals surface area contributed by atoms with E-state index in [2.05, 4.69) is 30.4 Å². The van der Waals surface area contributed by atoms with Crippen LogP contribution in [-0.2, 0) is 6.54 Å². The van der Waals surface area contributed by atoms with E-state index in [-0.39, 0.29) is 11.9 Å². The van der Waals surface area contributed by atoms with Gasteiger partial charge < -0.3 is 0 Å². The summed E-state index contributed by atoms with van der Waals surface area (Å²) in [6.07, 6.45) is 5.72. The second kappa shape index (κ2) is 7.35. The van der Waals surface area contributed by atoms with E-state index in [1.807, 2.05) is 30.6 Å². The van der Waals surface area contributed by atoms with Gasteiger partial charge in [-0.3, -0.25) is 20.1 Å². The van der Waals surface area contributed by atoms with E-state index < -0.39 is 0 Å². The fraction of sp³-hybridized carbons (Fsp3) is 0.333. The third-order valence-corrected chi connectivity index (χ3v) is 5.36. The van der Waals surface area contributed by atoms with Crippen molar-refractivity contribution in [2.45, 2.75) is 32.4 Å². The molecule has 8 heteroatoms. The molecule has 1 atom stereocenters. The van der Waals surface area contributed by atoms with Gasteiger partial charge in [0, 0.05) is 29.4 Å². The summed E-state index contributed by atoms with van der Waals surface area (Å²) < 4.78 is 0. The van der Waals surface area contributed by atoms with Crippen LogP contribution in [0.25, 0.3) is 0 Å². The molecule has 3 aromatic heterocycles. The summed E-state index contributed by atoms with van der Waals surface area (Å²) in [6.45, 7) is 3.89. The first kappa shape index (κ1) is 16.9. The van der Waals surface area contributed by atoms with Crippen molar-refractivity contribution in [3.63, 3.8) is 0 Å². The number of carbonyl (C=O) groups excluding carboxylic acids is 1. The highest BCUT2D eigenvalue weighted by molar-refractivity contribution is 7.13. The van der Waals surface area contributed by atoms with Crippen molar-refractivity contribution in [1.29, 1.82) is 0 Å². The number of hydrogen-bond acceptors (Lipinski definition) is 6. The number of carbonyl (C=O) groups is 1. The molecule has 1 aliphatic heterocycles. The van der Waals surface area contributed by atoms with Gasteiger partial charge in [-0.15, -0.1) is 11.3 Å². The first-order chi connectivity index (χ1) is 12.7. The minimum Gasteiger partial charge on any atom is -0.296 e. The molecule has 7 nitrogen and oxygen atoms in total. The summed E-state index contributed by atoms with van der Waals surface area (Å²) in [7, 11) is 0. The molecule has 0 bridgehead atoms. The summed E-state index contributed by atoms with van der Waals surface area (Å²) in [5.74, 6) is -0.225. The Bertz CT molecular complexity index is 891. The molecule has 4 rings (SSSR count). The molecule has 0 radical (unpaired) electrons. The van der Waals surface area contributed by atoms with Crippen molar-refractivity contribution in [3.05, 3.63) is 58.6 Å². The van der Waals surface area contributed by atoms with Gasteiger partial charge in [-0.05, 0) is 38.4 Å². The molecular formula is C18H20N6OS. The van der Waals surface area contributed by atoms with Crippen molar-refractivity contribution in [2.75, 3.05) is 11.9 Å². The predicted octanol–water partition coefficient (Wildman–Crippen LogP) is 3.16. The second-order valence-corrected chi connectivity index (χ2v) is 7.28. The largest absolute Gasteiger partial charge is 0.296 e. The van der Waals surface area contributed by atoms with E-state index >= 15 is 0 Å². The van der Waals surface area contributed by atoms with E-state index in [4.69, 9.17) is 0 Å². The predicted molar refractivity (Wildman–Crippen MR) is 100 cm³/mol. The number of rotatable bonds is 5. The summed E-state index contributed by atoms with van der Waals surface area (Å²) >= 11 is 1.39. The van der Waals surface area contributed by atoms with Crippen LogP contribution >= 0.6 is 11.3 Å². The Hall–Kier alpha value is -2.58. The van der Waals surface area contributed by atoms with Crippen LogP contribution in [0.2, 0.25) is 0 Å². The zero-order valence-corrected chi connectivity index (χ0v) is 15.3. The van der Waals surface area contributed by atoms with Crippen LogP contribution in [0.5, 0.6) is 0 Å². The van der Waals surface area contributed by atoms with Crippen LogP contribution in [0.3, 0.4) is 0 Å². The number of thiazole rings is 1. The van der Waals surface area contributed by atoms with Crippen LogP contribution < -0.4 is 5.32 Å². The maximum Gasteiger partial charge on any atom is 0.276 e. The highest BCUT2D eigenvalue weighted by atomic mass is 32.1. The molecule has 0 saturated carbocycles. The minimum atomic E-state index is -0.225. The lowest BCUT2D eigenvalue weighted by atomic mass is 10.1. The van der Waals surface area contributed by atoms with Crippen molar-refractivity contribution in [3.8, 4) is 0 Å². The van der Waals surface area contributed by atoms with Crippen LogP contribution in [0.1, 0.15) is 46.3 Å². The summed E-state index contributed by atoms with van der Waals surface area (Å²) in [5, 5.41) is 12.3. The molecule has 134 valence electrons. The second-order valence-electron chi connectivity index (χ2n) is 6.39. The first-order valence-electron chi connectivity index (χ1n) is 8.61. The quantitative estimate of drug-likeness (QED) is 0.722. The number of H-pyrrole nitrogens is 1. The van der Waals surface area contributed by atoms with Gasteiger partial charge in [0.05, 0.1) is 17.9 Å². The maximum atomic E-state index is 12.4. The molecule has 1 unspecified atom stereocenters. The van der Waals surface area contributed by atoms with Crippen molar-refractivity contribution in [1.82, 2.24) is 25.1 Å². The topological polar surface area (TPSA) is 86.8 Å². The van der Waals surface area contributed by atoms with Crippen LogP contribution in [0.4, 0.5) is 5.13 Å². The van der Waals surface area contributed by atoms with E-state index in [1.54, 1.807) is 12.3 Å². The number of aryl methyl sites for hydroxylation is 1. The molecule has 0 spiro atoms. The van der Waals surface area contributed by atoms with Gasteiger partial charge in [0.2, 0.25) is 0 Å². The summed E-state index contributed by atoms with van der Waals surface area (Å²) in [6, 6.07) is 5.87. The number of nitrogens with zero attached hydrogens (tertiary/aromatic N) is 4. The highest BCUT2D eigenvalue weighted by Crippen LogP contribution is 2.32. The molecular weight excluding hydrogens is 348 g/mol. The van der Waals surface area contributed by atoms with E-state index in [0.29, 0.717) is 10.8 Å². The molecule has 1 saturated heterocycles. The van der Waals surface area contributed by atoms with Crippen molar-refractivity contribution >= 4 is 22.4 Å². The Labute approximate surface area is 155 Å². The van der Waals surface area contributed by atoms with Gasteiger partial charge in [0.15, 0.2) is 5.13 Å². The molecule has 2 N–H and O–H groups in total. The Morgan fingerprint density at radius 2 is 2.38 bits per heavy atom. The number of amides is 1.